The number of pyridine rings is 1. The predicted octanol–water partition coefficient (Wildman–Crippen LogP) is 5.21. The Kier molecular flexibility index (Phi) is 4.45. The molecule has 0 unspecified atom stereocenters. The van der Waals surface area contributed by atoms with Crippen LogP contribution in [0.25, 0.3) is 16.7 Å². The number of ether oxygens (including phenoxy) is 1. The predicted molar refractivity (Wildman–Crippen MR) is 108 cm³/mol. The van der Waals surface area contributed by atoms with E-state index in [0.29, 0.717) is 17.5 Å². The van der Waals surface area contributed by atoms with E-state index in [1.54, 1.807) is 23.0 Å². The number of rotatable bonds is 5. The molecule has 30 heavy (non-hydrogen) atoms. The van der Waals surface area contributed by atoms with Gasteiger partial charge in [-0.05, 0) is 43.2 Å². The summed E-state index contributed by atoms with van der Waals surface area (Å²) in [6.07, 6.45) is 2.40. The van der Waals surface area contributed by atoms with E-state index in [9.17, 15) is 13.2 Å². The number of halogens is 3. The molecule has 3 aromatic rings. The van der Waals surface area contributed by atoms with E-state index in [2.05, 4.69) is 21.2 Å². The number of aromatic nitrogens is 3. The third-order valence-electron chi connectivity index (χ3n) is 5.96. The Bertz CT molecular complexity index is 1080. The number of benzene rings is 1. The van der Waals surface area contributed by atoms with Crippen LogP contribution < -0.4 is 9.64 Å². The van der Waals surface area contributed by atoms with Gasteiger partial charge in [0.05, 0.1) is 22.5 Å². The lowest BCUT2D eigenvalue weighted by Gasteiger charge is -2.40. The number of hydrogen-bond donors (Lipinski definition) is 0. The van der Waals surface area contributed by atoms with Crippen LogP contribution in [0.4, 0.5) is 18.9 Å². The van der Waals surface area contributed by atoms with Crippen LogP contribution in [0.1, 0.15) is 30.9 Å². The average Bonchev–Trinajstić information content (AvgIpc) is 2.99. The molecule has 0 bridgehead atoms. The first-order valence-corrected chi connectivity index (χ1v) is 10.0. The van der Waals surface area contributed by atoms with Gasteiger partial charge in [0.15, 0.2) is 5.65 Å². The van der Waals surface area contributed by atoms with Gasteiger partial charge in [0.2, 0.25) is 0 Å². The van der Waals surface area contributed by atoms with E-state index in [0.717, 1.165) is 48.3 Å². The minimum Gasteiger partial charge on any atom is -0.406 e. The quantitative estimate of drug-likeness (QED) is 0.538. The second kappa shape index (κ2) is 7.04. The maximum Gasteiger partial charge on any atom is 0.573 e. The van der Waals surface area contributed by atoms with Crippen molar-refractivity contribution < 1.29 is 17.9 Å². The average molecular weight is 414 g/mol. The van der Waals surface area contributed by atoms with E-state index in [-0.39, 0.29) is 5.75 Å². The van der Waals surface area contributed by atoms with Crippen molar-refractivity contribution in [2.45, 2.75) is 31.5 Å². The summed E-state index contributed by atoms with van der Waals surface area (Å²) in [6, 6.07) is 7.77. The van der Waals surface area contributed by atoms with E-state index < -0.39 is 6.36 Å². The summed E-state index contributed by atoms with van der Waals surface area (Å²) in [5.41, 5.74) is 3.51. The minimum atomic E-state index is -4.71. The second-order valence-electron chi connectivity index (χ2n) is 7.90. The molecule has 1 saturated heterocycles. The normalized spacial score (nSPS) is 17.6. The maximum atomic E-state index is 12.5. The van der Waals surface area contributed by atoms with Crippen LogP contribution in [0, 0.1) is 5.92 Å². The summed E-state index contributed by atoms with van der Waals surface area (Å²) < 4.78 is 43.1. The molecule has 1 saturated carbocycles. The molecule has 0 radical (unpaired) electrons. The van der Waals surface area contributed by atoms with Gasteiger partial charge in [-0.1, -0.05) is 12.5 Å². The SMILES string of the molecule is C=CC1CN(c2ccnc3c2c(C2CCC2)nn3-c2ccc(OC(F)(F)F)cc2)C1. The van der Waals surface area contributed by atoms with E-state index in [1.807, 2.05) is 12.1 Å². The van der Waals surface area contributed by atoms with Crippen LogP contribution in [0.15, 0.2) is 49.2 Å². The van der Waals surface area contributed by atoms with Crippen LogP contribution in [0.2, 0.25) is 0 Å². The van der Waals surface area contributed by atoms with Crippen LogP contribution >= 0.6 is 0 Å². The Labute approximate surface area is 171 Å². The fourth-order valence-electron chi connectivity index (χ4n) is 4.11. The number of fused-ring (bicyclic) bond motifs is 1. The topological polar surface area (TPSA) is 43.2 Å². The van der Waals surface area contributed by atoms with Crippen molar-refractivity contribution in [2.24, 2.45) is 5.92 Å². The van der Waals surface area contributed by atoms with Crippen molar-refractivity contribution in [3.63, 3.8) is 0 Å². The second-order valence-corrected chi connectivity index (χ2v) is 7.90. The lowest BCUT2D eigenvalue weighted by atomic mass is 9.81. The monoisotopic (exact) mass is 414 g/mol. The Morgan fingerprint density at radius 1 is 1.10 bits per heavy atom. The highest BCUT2D eigenvalue weighted by molar-refractivity contribution is 5.93. The number of hydrogen-bond acceptors (Lipinski definition) is 4. The Morgan fingerprint density at radius 2 is 1.83 bits per heavy atom. The van der Waals surface area contributed by atoms with E-state index >= 15 is 0 Å². The lowest BCUT2D eigenvalue weighted by Crippen LogP contribution is -2.45. The van der Waals surface area contributed by atoms with Crippen LogP contribution in [0.5, 0.6) is 5.75 Å². The molecule has 1 aliphatic carbocycles. The summed E-state index contributed by atoms with van der Waals surface area (Å²) in [5.74, 6) is 0.615. The molecular formula is C22H21F3N4O. The Morgan fingerprint density at radius 3 is 2.43 bits per heavy atom. The molecule has 0 N–H and O–H groups in total. The highest BCUT2D eigenvalue weighted by atomic mass is 19.4. The summed E-state index contributed by atoms with van der Waals surface area (Å²) in [5, 5.41) is 5.91. The molecule has 2 aliphatic rings. The van der Waals surface area contributed by atoms with Gasteiger partial charge in [-0.2, -0.15) is 5.10 Å². The maximum absolute atomic E-state index is 12.5. The van der Waals surface area contributed by atoms with Gasteiger partial charge in [0.1, 0.15) is 5.75 Å². The van der Waals surface area contributed by atoms with Crippen molar-refractivity contribution in [3.8, 4) is 11.4 Å². The molecule has 2 aromatic heterocycles. The first kappa shape index (κ1) is 19.0. The first-order valence-electron chi connectivity index (χ1n) is 10.0. The molecule has 0 amide bonds. The highest BCUT2D eigenvalue weighted by Gasteiger charge is 2.33. The zero-order valence-corrected chi connectivity index (χ0v) is 16.3. The third kappa shape index (κ3) is 3.30. The molecule has 0 atom stereocenters. The minimum absolute atomic E-state index is 0.258. The fraction of sp³-hybridized carbons (Fsp3) is 0.364. The smallest absolute Gasteiger partial charge is 0.406 e. The largest absolute Gasteiger partial charge is 0.573 e. The zero-order valence-electron chi connectivity index (χ0n) is 16.3. The molecule has 0 spiro atoms. The van der Waals surface area contributed by atoms with Crippen molar-refractivity contribution in [1.82, 2.24) is 14.8 Å². The fourth-order valence-corrected chi connectivity index (χ4v) is 4.11. The molecule has 2 fully saturated rings. The van der Waals surface area contributed by atoms with Gasteiger partial charge in [0, 0.05) is 31.1 Å². The number of anilines is 1. The van der Waals surface area contributed by atoms with E-state index in [1.165, 1.54) is 18.6 Å². The van der Waals surface area contributed by atoms with Crippen LogP contribution in [-0.4, -0.2) is 34.2 Å². The summed E-state index contributed by atoms with van der Waals surface area (Å²) in [7, 11) is 0. The summed E-state index contributed by atoms with van der Waals surface area (Å²) >= 11 is 0. The van der Waals surface area contributed by atoms with Gasteiger partial charge in [0.25, 0.3) is 0 Å². The molecule has 8 heteroatoms. The molecular weight excluding hydrogens is 393 g/mol. The first-order chi connectivity index (χ1) is 14.4. The standard InChI is InChI=1S/C22H21F3N4O/c1-2-14-12-28(13-14)18-10-11-26-21-19(18)20(15-4-3-5-15)27-29(21)16-6-8-17(9-7-16)30-22(23,24)25/h2,6-11,14-15H,1,3-5,12-13H2. The van der Waals surface area contributed by atoms with Crippen molar-refractivity contribution in [3.05, 3.63) is 54.9 Å². The Balaban J connectivity index is 1.57. The van der Waals surface area contributed by atoms with Gasteiger partial charge in [-0.25, -0.2) is 9.67 Å². The van der Waals surface area contributed by atoms with Crippen LogP contribution in [0.3, 0.4) is 0 Å². The third-order valence-corrected chi connectivity index (χ3v) is 5.96. The van der Waals surface area contributed by atoms with Gasteiger partial charge < -0.3 is 9.64 Å². The number of nitrogens with zero attached hydrogens (tertiary/aromatic N) is 4. The van der Waals surface area contributed by atoms with Crippen molar-refractivity contribution >= 4 is 16.7 Å². The summed E-state index contributed by atoms with van der Waals surface area (Å²) in [6.45, 7) is 5.71. The zero-order chi connectivity index (χ0) is 20.9. The molecule has 156 valence electrons. The molecule has 1 aromatic carbocycles. The Hall–Kier alpha value is -3.03. The molecule has 5 nitrogen and oxygen atoms in total. The highest BCUT2D eigenvalue weighted by Crippen LogP contribution is 2.43. The number of alkyl halides is 3. The van der Waals surface area contributed by atoms with E-state index in [4.69, 9.17) is 5.10 Å². The lowest BCUT2D eigenvalue weighted by molar-refractivity contribution is -0.274. The van der Waals surface area contributed by atoms with Gasteiger partial charge in [-0.3, -0.25) is 0 Å². The van der Waals surface area contributed by atoms with Crippen molar-refractivity contribution in [2.75, 3.05) is 18.0 Å². The molecule has 5 rings (SSSR count). The van der Waals surface area contributed by atoms with Gasteiger partial charge in [-0.15, -0.1) is 19.8 Å². The van der Waals surface area contributed by atoms with Crippen LogP contribution in [-0.2, 0) is 0 Å². The molecule has 1 aliphatic heterocycles. The molecule has 3 heterocycles. The van der Waals surface area contributed by atoms with Gasteiger partial charge >= 0.3 is 6.36 Å². The van der Waals surface area contributed by atoms with Crippen molar-refractivity contribution in [1.29, 1.82) is 0 Å². The summed E-state index contributed by atoms with van der Waals surface area (Å²) in [4.78, 5) is 6.89.